The number of hydrogen-bond donors (Lipinski definition) is 2. The van der Waals surface area contributed by atoms with Gasteiger partial charge >= 0.3 is 0 Å². The van der Waals surface area contributed by atoms with Crippen LogP contribution in [0.4, 0.5) is 0 Å². The summed E-state index contributed by atoms with van der Waals surface area (Å²) < 4.78 is 5.32. The first-order chi connectivity index (χ1) is 9.18. The average Bonchev–Trinajstić information content (AvgIpc) is 2.48. The van der Waals surface area contributed by atoms with E-state index in [0.29, 0.717) is 32.6 Å². The highest BCUT2D eigenvalue weighted by atomic mass is 16.5. The minimum absolute atomic E-state index is 0.0302. The minimum atomic E-state index is -0.473. The van der Waals surface area contributed by atoms with Crippen molar-refractivity contribution >= 4 is 5.91 Å². The zero-order chi connectivity index (χ0) is 13.7. The van der Waals surface area contributed by atoms with Gasteiger partial charge in [-0.05, 0) is 37.5 Å². The summed E-state index contributed by atoms with van der Waals surface area (Å²) in [6.07, 6.45) is 4.84. The summed E-state index contributed by atoms with van der Waals surface area (Å²) >= 11 is 0. The van der Waals surface area contributed by atoms with E-state index in [9.17, 15) is 4.79 Å². The van der Waals surface area contributed by atoms with Crippen LogP contribution in [-0.4, -0.2) is 30.6 Å². The van der Waals surface area contributed by atoms with Crippen molar-refractivity contribution in [3.63, 3.8) is 0 Å². The van der Waals surface area contributed by atoms with E-state index in [1.54, 1.807) is 12.4 Å². The van der Waals surface area contributed by atoms with Crippen molar-refractivity contribution in [3.8, 4) is 0 Å². The third-order valence-electron chi connectivity index (χ3n) is 3.88. The molecule has 5 heteroatoms. The van der Waals surface area contributed by atoms with Gasteiger partial charge < -0.3 is 15.8 Å². The first-order valence-electron chi connectivity index (χ1n) is 6.67. The highest BCUT2D eigenvalue weighted by Crippen LogP contribution is 2.30. The quantitative estimate of drug-likeness (QED) is 0.850. The molecule has 1 saturated heterocycles. The van der Waals surface area contributed by atoms with Gasteiger partial charge in [0.25, 0.3) is 0 Å². The standard InChI is InChI=1S/C14H21N3O2/c1-11(12-2-6-16-7-3-12)17-13(18)14(10-15)4-8-19-9-5-14/h2-3,6-7,11H,4-5,8-10,15H2,1H3,(H,17,18). The Labute approximate surface area is 113 Å². The maximum absolute atomic E-state index is 12.5. The third-order valence-corrected chi connectivity index (χ3v) is 3.88. The molecule has 1 amide bonds. The summed E-state index contributed by atoms with van der Waals surface area (Å²) in [5.74, 6) is 0.0302. The molecular formula is C14H21N3O2. The third kappa shape index (κ3) is 3.11. The molecule has 104 valence electrons. The Kier molecular flexibility index (Phi) is 4.50. The van der Waals surface area contributed by atoms with Crippen molar-refractivity contribution in [3.05, 3.63) is 30.1 Å². The largest absolute Gasteiger partial charge is 0.381 e. The summed E-state index contributed by atoms with van der Waals surface area (Å²) in [5.41, 5.74) is 6.40. The number of ether oxygens (including phenoxy) is 1. The van der Waals surface area contributed by atoms with Gasteiger partial charge in [0, 0.05) is 32.2 Å². The lowest BCUT2D eigenvalue weighted by atomic mass is 9.79. The lowest BCUT2D eigenvalue weighted by Crippen LogP contribution is -2.49. The van der Waals surface area contributed by atoms with Crippen molar-refractivity contribution in [2.24, 2.45) is 11.1 Å². The molecule has 2 rings (SSSR count). The number of carbonyl (C=O) groups is 1. The Balaban J connectivity index is 2.03. The van der Waals surface area contributed by atoms with E-state index in [1.165, 1.54) is 0 Å². The van der Waals surface area contributed by atoms with Crippen LogP contribution in [0, 0.1) is 5.41 Å². The number of hydrogen-bond acceptors (Lipinski definition) is 4. The number of nitrogens with zero attached hydrogens (tertiary/aromatic N) is 1. The Hall–Kier alpha value is -1.46. The Morgan fingerprint density at radius 2 is 2.11 bits per heavy atom. The van der Waals surface area contributed by atoms with Gasteiger partial charge in [-0.3, -0.25) is 9.78 Å². The molecule has 1 aromatic heterocycles. The fourth-order valence-corrected chi connectivity index (χ4v) is 2.37. The molecule has 3 N–H and O–H groups in total. The van der Waals surface area contributed by atoms with Crippen LogP contribution in [0.2, 0.25) is 0 Å². The number of aromatic nitrogens is 1. The molecule has 1 unspecified atom stereocenters. The minimum Gasteiger partial charge on any atom is -0.381 e. The molecule has 1 aliphatic rings. The Morgan fingerprint density at radius 3 is 2.68 bits per heavy atom. The van der Waals surface area contributed by atoms with Crippen LogP contribution in [0.1, 0.15) is 31.4 Å². The smallest absolute Gasteiger partial charge is 0.228 e. The zero-order valence-electron chi connectivity index (χ0n) is 11.3. The fraction of sp³-hybridized carbons (Fsp3) is 0.571. The van der Waals surface area contributed by atoms with Crippen molar-refractivity contribution in [1.29, 1.82) is 0 Å². The van der Waals surface area contributed by atoms with E-state index in [1.807, 2.05) is 19.1 Å². The predicted molar refractivity (Wildman–Crippen MR) is 72.3 cm³/mol. The molecule has 1 aromatic rings. The molecule has 1 atom stereocenters. The van der Waals surface area contributed by atoms with Gasteiger partial charge in [0.15, 0.2) is 0 Å². The van der Waals surface area contributed by atoms with Crippen LogP contribution in [0.15, 0.2) is 24.5 Å². The van der Waals surface area contributed by atoms with E-state index < -0.39 is 5.41 Å². The molecule has 19 heavy (non-hydrogen) atoms. The van der Waals surface area contributed by atoms with Crippen LogP contribution >= 0.6 is 0 Å². The molecule has 0 aliphatic carbocycles. The topological polar surface area (TPSA) is 77.2 Å². The van der Waals surface area contributed by atoms with Gasteiger partial charge in [0.1, 0.15) is 0 Å². The molecular weight excluding hydrogens is 242 g/mol. The molecule has 0 aromatic carbocycles. The van der Waals surface area contributed by atoms with Gasteiger partial charge in [0.05, 0.1) is 11.5 Å². The van der Waals surface area contributed by atoms with Crippen LogP contribution in [0.25, 0.3) is 0 Å². The van der Waals surface area contributed by atoms with Gasteiger partial charge in [0.2, 0.25) is 5.91 Å². The number of rotatable bonds is 4. The predicted octanol–water partition coefficient (Wildman–Crippen LogP) is 1.01. The van der Waals surface area contributed by atoms with Crippen molar-refractivity contribution in [2.45, 2.75) is 25.8 Å². The summed E-state index contributed by atoms with van der Waals surface area (Å²) in [4.78, 5) is 16.4. The van der Waals surface area contributed by atoms with Crippen molar-refractivity contribution in [1.82, 2.24) is 10.3 Å². The highest BCUT2D eigenvalue weighted by Gasteiger charge is 2.39. The monoisotopic (exact) mass is 263 g/mol. The maximum atomic E-state index is 12.5. The van der Waals surface area contributed by atoms with E-state index >= 15 is 0 Å². The van der Waals surface area contributed by atoms with Gasteiger partial charge in [-0.2, -0.15) is 0 Å². The van der Waals surface area contributed by atoms with Crippen LogP contribution < -0.4 is 11.1 Å². The van der Waals surface area contributed by atoms with Crippen molar-refractivity contribution in [2.75, 3.05) is 19.8 Å². The number of amides is 1. The first kappa shape index (κ1) is 14.0. The zero-order valence-corrected chi connectivity index (χ0v) is 11.3. The van der Waals surface area contributed by atoms with Gasteiger partial charge in [-0.15, -0.1) is 0 Å². The normalized spacial score (nSPS) is 19.7. The van der Waals surface area contributed by atoms with Gasteiger partial charge in [-0.1, -0.05) is 0 Å². The number of pyridine rings is 1. The van der Waals surface area contributed by atoms with E-state index in [4.69, 9.17) is 10.5 Å². The molecule has 1 aliphatic heterocycles. The lowest BCUT2D eigenvalue weighted by molar-refractivity contribution is -0.136. The van der Waals surface area contributed by atoms with E-state index in [0.717, 1.165) is 5.56 Å². The average molecular weight is 263 g/mol. The number of nitrogens with two attached hydrogens (primary N) is 1. The van der Waals surface area contributed by atoms with E-state index in [-0.39, 0.29) is 11.9 Å². The molecule has 1 fully saturated rings. The second-order valence-electron chi connectivity index (χ2n) is 5.07. The summed E-state index contributed by atoms with van der Waals surface area (Å²) in [6, 6.07) is 3.77. The number of carbonyl (C=O) groups excluding carboxylic acids is 1. The second kappa shape index (κ2) is 6.12. The molecule has 0 radical (unpaired) electrons. The SMILES string of the molecule is CC(NC(=O)C1(CN)CCOCC1)c1ccncc1. The number of nitrogens with one attached hydrogen (secondary N) is 1. The fourth-order valence-electron chi connectivity index (χ4n) is 2.37. The molecule has 0 spiro atoms. The molecule has 0 saturated carbocycles. The van der Waals surface area contributed by atoms with Crippen LogP contribution in [0.3, 0.4) is 0 Å². The van der Waals surface area contributed by atoms with Crippen LogP contribution in [0.5, 0.6) is 0 Å². The Bertz CT molecular complexity index is 416. The second-order valence-corrected chi connectivity index (χ2v) is 5.07. The highest BCUT2D eigenvalue weighted by molar-refractivity contribution is 5.83. The maximum Gasteiger partial charge on any atom is 0.228 e. The van der Waals surface area contributed by atoms with Gasteiger partial charge in [-0.25, -0.2) is 0 Å². The molecule has 5 nitrogen and oxygen atoms in total. The lowest BCUT2D eigenvalue weighted by Gasteiger charge is -2.35. The summed E-state index contributed by atoms with van der Waals surface area (Å²) in [5, 5.41) is 3.06. The Morgan fingerprint density at radius 1 is 1.47 bits per heavy atom. The summed E-state index contributed by atoms with van der Waals surface area (Å²) in [6.45, 7) is 3.55. The molecule has 2 heterocycles. The first-order valence-corrected chi connectivity index (χ1v) is 6.67. The molecule has 0 bridgehead atoms. The summed E-state index contributed by atoms with van der Waals surface area (Å²) in [7, 11) is 0. The van der Waals surface area contributed by atoms with Crippen molar-refractivity contribution < 1.29 is 9.53 Å². The van der Waals surface area contributed by atoms with Crippen LogP contribution in [-0.2, 0) is 9.53 Å². The van der Waals surface area contributed by atoms with E-state index in [2.05, 4.69) is 10.3 Å².